The van der Waals surface area contributed by atoms with Crippen LogP contribution < -0.4 is 5.73 Å². The maximum Gasteiger partial charge on any atom is 0.223 e. The van der Waals surface area contributed by atoms with Crippen LogP contribution in [-0.4, -0.2) is 51.9 Å². The van der Waals surface area contributed by atoms with Gasteiger partial charge >= 0.3 is 0 Å². The predicted molar refractivity (Wildman–Crippen MR) is 120 cm³/mol. The van der Waals surface area contributed by atoms with Crippen molar-refractivity contribution < 1.29 is 9.59 Å². The van der Waals surface area contributed by atoms with E-state index in [4.69, 9.17) is 11.1 Å². The number of rotatable bonds is 6. The lowest BCUT2D eigenvalue weighted by Crippen LogP contribution is -2.39. The molecule has 2 heterocycles. The molecule has 1 aliphatic heterocycles. The summed E-state index contributed by atoms with van der Waals surface area (Å²) in [5.41, 5.74) is 8.58. The van der Waals surface area contributed by atoms with E-state index in [-0.39, 0.29) is 17.4 Å². The van der Waals surface area contributed by atoms with Gasteiger partial charge in [-0.3, -0.25) is 9.59 Å². The summed E-state index contributed by atoms with van der Waals surface area (Å²) in [5, 5.41) is 8.41. The van der Waals surface area contributed by atoms with E-state index >= 15 is 0 Å². The molecule has 0 unspecified atom stereocenters. The zero-order valence-electron chi connectivity index (χ0n) is 17.4. The van der Waals surface area contributed by atoms with Gasteiger partial charge in [0.15, 0.2) is 5.78 Å². The van der Waals surface area contributed by atoms with Crippen molar-refractivity contribution in [3.05, 3.63) is 65.8 Å². The second-order valence-electron chi connectivity index (χ2n) is 8.08. The van der Waals surface area contributed by atoms with Crippen LogP contribution in [0, 0.1) is 11.3 Å². The minimum atomic E-state index is -0.121. The highest BCUT2D eigenvalue weighted by Crippen LogP contribution is 2.27. The van der Waals surface area contributed by atoms with E-state index in [2.05, 4.69) is 9.97 Å². The van der Waals surface area contributed by atoms with E-state index in [0.29, 0.717) is 35.9 Å². The van der Waals surface area contributed by atoms with Crippen LogP contribution in [0.1, 0.15) is 36.3 Å². The van der Waals surface area contributed by atoms with E-state index in [1.807, 2.05) is 35.2 Å². The lowest BCUT2D eigenvalue weighted by molar-refractivity contribution is -0.132. The third-order valence-corrected chi connectivity index (χ3v) is 5.92. The number of nitrogens with one attached hydrogen (secondary N) is 2. The van der Waals surface area contributed by atoms with Gasteiger partial charge in [0, 0.05) is 49.1 Å². The summed E-state index contributed by atoms with van der Waals surface area (Å²) < 4.78 is 0. The van der Waals surface area contributed by atoms with Crippen molar-refractivity contribution in [2.24, 2.45) is 11.7 Å². The number of carbonyl (C=O) groups is 2. The third kappa shape index (κ3) is 4.72. The van der Waals surface area contributed by atoms with Crippen LogP contribution in [0.25, 0.3) is 11.1 Å². The molecule has 1 aromatic carbocycles. The summed E-state index contributed by atoms with van der Waals surface area (Å²) in [6.07, 6.45) is 8.05. The molecule has 2 aromatic rings. The van der Waals surface area contributed by atoms with Crippen molar-refractivity contribution in [2.75, 3.05) is 19.6 Å². The quantitative estimate of drug-likeness (QED) is 0.627. The maximum atomic E-state index is 12.7. The zero-order chi connectivity index (χ0) is 21.8. The van der Waals surface area contributed by atoms with Crippen molar-refractivity contribution in [1.29, 1.82) is 5.41 Å². The van der Waals surface area contributed by atoms with Gasteiger partial charge < -0.3 is 21.0 Å². The Kier molecular flexibility index (Phi) is 6.23. The molecule has 1 fully saturated rings. The van der Waals surface area contributed by atoms with Gasteiger partial charge in [-0.15, -0.1) is 0 Å². The molecule has 7 heteroatoms. The summed E-state index contributed by atoms with van der Waals surface area (Å²) in [6.45, 7) is 1.93. The van der Waals surface area contributed by atoms with E-state index in [0.717, 1.165) is 43.6 Å². The molecular formula is C24H27N5O2. The SMILES string of the molecule is N=C1C=C(c2ccccc2)C(=O)C=C1c1ncc(CC2CCN(C(=O)CCN)CC2)[nH]1. The van der Waals surface area contributed by atoms with Gasteiger partial charge in [0.05, 0.1) is 5.71 Å². The molecule has 2 aliphatic rings. The molecule has 1 amide bonds. The molecule has 0 spiro atoms. The Labute approximate surface area is 181 Å². The van der Waals surface area contributed by atoms with E-state index < -0.39 is 0 Å². The van der Waals surface area contributed by atoms with Crippen molar-refractivity contribution in [3.63, 3.8) is 0 Å². The average molecular weight is 418 g/mol. The minimum Gasteiger partial charge on any atom is -0.343 e. The number of piperidine rings is 1. The van der Waals surface area contributed by atoms with E-state index in [9.17, 15) is 9.59 Å². The van der Waals surface area contributed by atoms with Gasteiger partial charge in [-0.1, -0.05) is 30.3 Å². The van der Waals surface area contributed by atoms with Crippen molar-refractivity contribution in [3.8, 4) is 0 Å². The average Bonchev–Trinajstić information content (AvgIpc) is 3.24. The molecule has 7 nitrogen and oxygen atoms in total. The van der Waals surface area contributed by atoms with Crippen LogP contribution in [0.3, 0.4) is 0 Å². The van der Waals surface area contributed by atoms with Crippen LogP contribution in [-0.2, 0) is 16.0 Å². The fourth-order valence-electron chi connectivity index (χ4n) is 4.20. The highest BCUT2D eigenvalue weighted by atomic mass is 16.2. The Hall–Kier alpha value is -3.32. The number of aromatic amines is 1. The number of hydrogen-bond donors (Lipinski definition) is 3. The first-order valence-corrected chi connectivity index (χ1v) is 10.7. The number of nitrogens with two attached hydrogens (primary N) is 1. The molecular weight excluding hydrogens is 390 g/mol. The fourth-order valence-corrected chi connectivity index (χ4v) is 4.20. The molecule has 1 aromatic heterocycles. The molecule has 4 rings (SSSR count). The van der Waals surface area contributed by atoms with Crippen LogP contribution >= 0.6 is 0 Å². The van der Waals surface area contributed by atoms with Crippen molar-refractivity contribution >= 4 is 28.5 Å². The summed E-state index contributed by atoms with van der Waals surface area (Å²) in [5.74, 6) is 1.04. The number of hydrogen-bond acceptors (Lipinski definition) is 5. The van der Waals surface area contributed by atoms with Crippen LogP contribution in [0.15, 0.2) is 48.7 Å². The standard InChI is InChI=1S/C24H27N5O2/c25-9-6-23(31)29-10-7-16(8-11-29)12-18-15-27-24(28-18)20-14-22(30)19(13-21(20)26)17-4-2-1-3-5-17/h1-5,13-16,26H,6-12,25H2,(H,27,28). The summed E-state index contributed by atoms with van der Waals surface area (Å²) in [4.78, 5) is 34.3. The number of nitrogens with zero attached hydrogens (tertiary/aromatic N) is 2. The number of ketones is 1. The first kappa shape index (κ1) is 20.9. The van der Waals surface area contributed by atoms with Crippen molar-refractivity contribution in [1.82, 2.24) is 14.9 Å². The second kappa shape index (κ2) is 9.22. The Morgan fingerprint density at radius 3 is 2.61 bits per heavy atom. The van der Waals surface area contributed by atoms with Gasteiger partial charge in [-0.2, -0.15) is 0 Å². The van der Waals surface area contributed by atoms with Crippen molar-refractivity contribution in [2.45, 2.75) is 25.7 Å². The predicted octanol–water partition coefficient (Wildman–Crippen LogP) is 2.61. The lowest BCUT2D eigenvalue weighted by atomic mass is 9.91. The molecule has 160 valence electrons. The number of amides is 1. The number of benzene rings is 1. The number of aromatic nitrogens is 2. The number of imidazole rings is 1. The molecule has 0 atom stereocenters. The van der Waals surface area contributed by atoms with Crippen LogP contribution in [0.5, 0.6) is 0 Å². The smallest absolute Gasteiger partial charge is 0.223 e. The molecule has 0 bridgehead atoms. The number of carbonyl (C=O) groups excluding carboxylic acids is 2. The van der Waals surface area contributed by atoms with E-state index in [1.54, 1.807) is 12.3 Å². The summed E-state index contributed by atoms with van der Waals surface area (Å²) >= 11 is 0. The molecule has 0 saturated carbocycles. The Morgan fingerprint density at radius 2 is 1.90 bits per heavy atom. The first-order chi connectivity index (χ1) is 15.0. The fraction of sp³-hybridized carbons (Fsp3) is 0.333. The lowest BCUT2D eigenvalue weighted by Gasteiger charge is -2.31. The maximum absolute atomic E-state index is 12.7. The molecule has 0 radical (unpaired) electrons. The summed E-state index contributed by atoms with van der Waals surface area (Å²) in [7, 11) is 0. The molecule has 1 saturated heterocycles. The Morgan fingerprint density at radius 1 is 1.16 bits per heavy atom. The normalized spacial score (nSPS) is 17.5. The summed E-state index contributed by atoms with van der Waals surface area (Å²) in [6, 6.07) is 9.40. The van der Waals surface area contributed by atoms with Gasteiger partial charge in [0.2, 0.25) is 5.91 Å². The first-order valence-electron chi connectivity index (χ1n) is 10.7. The van der Waals surface area contributed by atoms with Crippen LogP contribution in [0.4, 0.5) is 0 Å². The monoisotopic (exact) mass is 417 g/mol. The topological polar surface area (TPSA) is 116 Å². The molecule has 1 aliphatic carbocycles. The minimum absolute atomic E-state index is 0.121. The van der Waals surface area contributed by atoms with Gasteiger partial charge in [-0.25, -0.2) is 4.98 Å². The third-order valence-electron chi connectivity index (χ3n) is 5.92. The Balaban J connectivity index is 1.39. The van der Waals surface area contributed by atoms with Gasteiger partial charge in [0.25, 0.3) is 0 Å². The largest absolute Gasteiger partial charge is 0.343 e. The van der Waals surface area contributed by atoms with E-state index in [1.165, 1.54) is 6.08 Å². The number of H-pyrrole nitrogens is 1. The Bertz CT molecular complexity index is 1040. The van der Waals surface area contributed by atoms with Gasteiger partial charge in [0.1, 0.15) is 5.82 Å². The molecule has 4 N–H and O–H groups in total. The number of allylic oxidation sites excluding steroid dienone is 4. The highest BCUT2D eigenvalue weighted by Gasteiger charge is 2.24. The second-order valence-corrected chi connectivity index (χ2v) is 8.08. The van der Waals surface area contributed by atoms with Gasteiger partial charge in [-0.05, 0) is 42.9 Å². The molecule has 31 heavy (non-hydrogen) atoms. The number of likely N-dealkylation sites (tertiary alicyclic amines) is 1. The van der Waals surface area contributed by atoms with Crippen LogP contribution in [0.2, 0.25) is 0 Å². The zero-order valence-corrected chi connectivity index (χ0v) is 17.4. The highest BCUT2D eigenvalue weighted by molar-refractivity contribution is 6.44.